The fraction of sp³-hybridized carbons (Fsp3) is 0.400. The van der Waals surface area contributed by atoms with Crippen LogP contribution in [-0.2, 0) is 53.9 Å². The van der Waals surface area contributed by atoms with E-state index in [2.05, 4.69) is 0 Å². The van der Waals surface area contributed by atoms with Crippen LogP contribution in [0.3, 0.4) is 0 Å². The van der Waals surface area contributed by atoms with Crippen LogP contribution in [0.2, 0.25) is 0 Å². The molecule has 7 nitrogen and oxygen atoms in total. The molecule has 4 N–H and O–H groups in total. The Labute approximate surface area is 158 Å². The van der Waals surface area contributed by atoms with Gasteiger partial charge in [-0.05, 0) is 35.4 Å². The summed E-state index contributed by atoms with van der Waals surface area (Å²) in [5, 5.41) is 39.5. The number of phenols is 2. The molecule has 0 heterocycles. The first-order valence-electron chi connectivity index (χ1n) is 8.48. The SMILES string of the molecule is COCc1cc(CO)cc(COCc2cc(CO)cc(COC)c2O)c1O. The van der Waals surface area contributed by atoms with E-state index in [1.807, 2.05) is 0 Å². The summed E-state index contributed by atoms with van der Waals surface area (Å²) in [5.74, 6) is 0.116. The molecule has 0 radical (unpaired) electrons. The Balaban J connectivity index is 2.16. The van der Waals surface area contributed by atoms with Gasteiger partial charge in [0.2, 0.25) is 0 Å². The molecule has 0 amide bonds. The second-order valence-electron chi connectivity index (χ2n) is 6.20. The van der Waals surface area contributed by atoms with E-state index in [9.17, 15) is 20.4 Å². The quantitative estimate of drug-likeness (QED) is 0.501. The fourth-order valence-electron chi connectivity index (χ4n) is 2.87. The van der Waals surface area contributed by atoms with Gasteiger partial charge in [-0.25, -0.2) is 0 Å². The molecule has 0 aliphatic heterocycles. The van der Waals surface area contributed by atoms with E-state index in [-0.39, 0.29) is 51.1 Å². The van der Waals surface area contributed by atoms with Gasteiger partial charge in [0.25, 0.3) is 0 Å². The molecular weight excluding hydrogens is 352 g/mol. The first-order chi connectivity index (χ1) is 13.0. The first kappa shape index (κ1) is 21.1. The number of benzene rings is 2. The molecule has 0 saturated carbocycles. The van der Waals surface area contributed by atoms with Crippen molar-refractivity contribution in [3.63, 3.8) is 0 Å². The minimum atomic E-state index is -0.163. The lowest BCUT2D eigenvalue weighted by molar-refractivity contribution is 0.102. The molecule has 2 aromatic carbocycles. The maximum atomic E-state index is 10.3. The Morgan fingerprint density at radius 3 is 1.26 bits per heavy atom. The topological polar surface area (TPSA) is 109 Å². The van der Waals surface area contributed by atoms with Gasteiger partial charge in [-0.15, -0.1) is 0 Å². The lowest BCUT2D eigenvalue weighted by Crippen LogP contribution is -2.02. The largest absolute Gasteiger partial charge is 0.507 e. The minimum Gasteiger partial charge on any atom is -0.507 e. The third kappa shape index (κ3) is 5.41. The van der Waals surface area contributed by atoms with Gasteiger partial charge in [0.05, 0.1) is 39.6 Å². The molecule has 0 atom stereocenters. The number of hydrogen-bond acceptors (Lipinski definition) is 7. The second-order valence-corrected chi connectivity index (χ2v) is 6.20. The van der Waals surface area contributed by atoms with Crippen LogP contribution in [0.4, 0.5) is 0 Å². The van der Waals surface area contributed by atoms with Crippen LogP contribution in [0.15, 0.2) is 24.3 Å². The normalized spacial score (nSPS) is 11.1. The molecule has 2 rings (SSSR count). The van der Waals surface area contributed by atoms with Crippen molar-refractivity contribution in [3.05, 3.63) is 57.6 Å². The van der Waals surface area contributed by atoms with Crippen molar-refractivity contribution in [1.29, 1.82) is 0 Å². The second kappa shape index (κ2) is 10.2. The van der Waals surface area contributed by atoms with Crippen LogP contribution in [0.1, 0.15) is 33.4 Å². The number of aliphatic hydroxyl groups excluding tert-OH is 2. The van der Waals surface area contributed by atoms with E-state index in [1.165, 1.54) is 14.2 Å². The highest BCUT2D eigenvalue weighted by atomic mass is 16.5. The maximum absolute atomic E-state index is 10.3. The first-order valence-corrected chi connectivity index (χ1v) is 8.48. The van der Waals surface area contributed by atoms with E-state index >= 15 is 0 Å². The molecule has 7 heteroatoms. The third-order valence-electron chi connectivity index (χ3n) is 4.14. The number of phenolic OH excluding ortho intramolecular Hbond substituents is 2. The average molecular weight is 378 g/mol. The van der Waals surface area contributed by atoms with Gasteiger partial charge in [-0.2, -0.15) is 0 Å². The van der Waals surface area contributed by atoms with Crippen LogP contribution in [-0.4, -0.2) is 34.6 Å². The highest BCUT2D eigenvalue weighted by Crippen LogP contribution is 2.29. The van der Waals surface area contributed by atoms with Crippen molar-refractivity contribution >= 4 is 0 Å². The van der Waals surface area contributed by atoms with E-state index in [0.29, 0.717) is 33.4 Å². The summed E-state index contributed by atoms with van der Waals surface area (Å²) in [7, 11) is 3.05. The van der Waals surface area contributed by atoms with Crippen LogP contribution >= 0.6 is 0 Å². The van der Waals surface area contributed by atoms with Crippen LogP contribution in [0, 0.1) is 0 Å². The van der Waals surface area contributed by atoms with Gasteiger partial charge in [0.15, 0.2) is 0 Å². The predicted octanol–water partition coefficient (Wildman–Crippen LogP) is 2.09. The summed E-state index contributed by atoms with van der Waals surface area (Å²) >= 11 is 0. The molecule has 148 valence electrons. The van der Waals surface area contributed by atoms with Crippen molar-refractivity contribution < 1.29 is 34.6 Å². The summed E-state index contributed by atoms with van der Waals surface area (Å²) in [6, 6.07) is 6.68. The van der Waals surface area contributed by atoms with Crippen molar-refractivity contribution in [2.75, 3.05) is 14.2 Å². The summed E-state index contributed by atoms with van der Waals surface area (Å²) in [6.07, 6.45) is 0. The number of methoxy groups -OCH3 is 2. The van der Waals surface area contributed by atoms with Gasteiger partial charge in [-0.1, -0.05) is 0 Å². The highest BCUT2D eigenvalue weighted by Gasteiger charge is 2.13. The van der Waals surface area contributed by atoms with Gasteiger partial charge in [-0.3, -0.25) is 0 Å². The van der Waals surface area contributed by atoms with Crippen molar-refractivity contribution in [2.24, 2.45) is 0 Å². The van der Waals surface area contributed by atoms with Crippen LogP contribution in [0.25, 0.3) is 0 Å². The Morgan fingerprint density at radius 1 is 0.630 bits per heavy atom. The van der Waals surface area contributed by atoms with Crippen molar-refractivity contribution in [3.8, 4) is 11.5 Å². The molecule has 0 aliphatic carbocycles. The summed E-state index contributed by atoms with van der Waals surface area (Å²) in [5.41, 5.74) is 3.45. The molecule has 0 bridgehead atoms. The molecule has 0 aliphatic rings. The van der Waals surface area contributed by atoms with Gasteiger partial charge in [0.1, 0.15) is 11.5 Å². The number of hydrogen-bond donors (Lipinski definition) is 4. The summed E-state index contributed by atoms with van der Waals surface area (Å²) in [4.78, 5) is 0. The zero-order valence-corrected chi connectivity index (χ0v) is 15.6. The lowest BCUT2D eigenvalue weighted by atomic mass is 10.0. The molecule has 2 aromatic rings. The average Bonchev–Trinajstić information content (AvgIpc) is 2.67. The van der Waals surface area contributed by atoms with Gasteiger partial charge < -0.3 is 34.6 Å². The standard InChI is InChI=1S/C20H26O7/c1-25-9-15-3-13(7-21)5-17(19(15)23)11-27-12-18-6-14(8-22)4-16(10-26-2)20(18)24/h3-6,21-24H,7-12H2,1-2H3. The molecule has 0 aromatic heterocycles. The molecule has 0 fully saturated rings. The van der Waals surface area contributed by atoms with E-state index in [0.717, 1.165) is 0 Å². The molecular formula is C20H26O7. The Kier molecular flexibility index (Phi) is 8.02. The number of ether oxygens (including phenoxy) is 3. The smallest absolute Gasteiger partial charge is 0.126 e. The zero-order chi connectivity index (χ0) is 19.8. The van der Waals surface area contributed by atoms with Crippen LogP contribution < -0.4 is 0 Å². The Morgan fingerprint density at radius 2 is 0.963 bits per heavy atom. The number of rotatable bonds is 10. The van der Waals surface area contributed by atoms with E-state index < -0.39 is 0 Å². The third-order valence-corrected chi connectivity index (χ3v) is 4.14. The molecule has 0 unspecified atom stereocenters. The number of aromatic hydroxyl groups is 2. The number of aliphatic hydroxyl groups is 2. The Bertz CT molecular complexity index is 695. The van der Waals surface area contributed by atoms with E-state index in [4.69, 9.17) is 14.2 Å². The molecule has 0 spiro atoms. The fourth-order valence-corrected chi connectivity index (χ4v) is 2.87. The minimum absolute atomic E-state index is 0.0578. The summed E-state index contributed by atoms with van der Waals surface area (Å²) < 4.78 is 15.8. The van der Waals surface area contributed by atoms with E-state index in [1.54, 1.807) is 24.3 Å². The zero-order valence-electron chi connectivity index (χ0n) is 15.6. The molecule has 27 heavy (non-hydrogen) atoms. The predicted molar refractivity (Wildman–Crippen MR) is 98.0 cm³/mol. The van der Waals surface area contributed by atoms with Gasteiger partial charge >= 0.3 is 0 Å². The summed E-state index contributed by atoms with van der Waals surface area (Å²) in [6.45, 7) is 0.268. The molecule has 0 saturated heterocycles. The van der Waals surface area contributed by atoms with Crippen LogP contribution in [0.5, 0.6) is 11.5 Å². The highest BCUT2D eigenvalue weighted by molar-refractivity contribution is 5.44. The lowest BCUT2D eigenvalue weighted by Gasteiger charge is -2.14. The maximum Gasteiger partial charge on any atom is 0.126 e. The monoisotopic (exact) mass is 378 g/mol. The van der Waals surface area contributed by atoms with Gasteiger partial charge in [0, 0.05) is 36.5 Å². The Hall–Kier alpha value is -2.16. The van der Waals surface area contributed by atoms with Crippen molar-refractivity contribution in [1.82, 2.24) is 0 Å². The van der Waals surface area contributed by atoms with Crippen molar-refractivity contribution in [2.45, 2.75) is 39.6 Å².